The number of nitrogens with zero attached hydrogens (tertiary/aromatic N) is 7. The number of hydroxylamine groups is 2. The van der Waals surface area contributed by atoms with Gasteiger partial charge in [0.05, 0.1) is 23.7 Å². The number of hydrogen-bond acceptors (Lipinski definition) is 15. The number of benzene rings is 4. The third-order valence-electron chi connectivity index (χ3n) is 15.9. The van der Waals surface area contributed by atoms with Crippen LogP contribution >= 0.6 is 0 Å². The van der Waals surface area contributed by atoms with Crippen LogP contribution in [0.4, 0.5) is 9.59 Å². The van der Waals surface area contributed by atoms with Crippen molar-refractivity contribution in [2.75, 3.05) is 79.9 Å². The van der Waals surface area contributed by atoms with Gasteiger partial charge in [-0.2, -0.15) is 0 Å². The molecule has 4 aromatic carbocycles. The first-order valence-corrected chi connectivity index (χ1v) is 29.8. The van der Waals surface area contributed by atoms with Crippen molar-refractivity contribution < 1.29 is 52.4 Å². The van der Waals surface area contributed by atoms with Gasteiger partial charge in [-0.25, -0.2) is 14.7 Å². The second-order valence-corrected chi connectivity index (χ2v) is 24.6. The molecule has 0 radical (unpaired) electrons. The molecule has 3 amide bonds. The summed E-state index contributed by atoms with van der Waals surface area (Å²) in [5, 5.41) is 2.68. The summed E-state index contributed by atoms with van der Waals surface area (Å²) in [5.74, 6) is 2.56. The average Bonchev–Trinajstić information content (AvgIpc) is 2.08. The van der Waals surface area contributed by atoms with Crippen molar-refractivity contribution >= 4 is 46.2 Å². The Kier molecular flexibility index (Phi) is 19.8. The topological polar surface area (TPSA) is 193 Å². The van der Waals surface area contributed by atoms with Crippen LogP contribution in [0.15, 0.2) is 94.5 Å². The lowest BCUT2D eigenvalue weighted by molar-refractivity contribution is -0.0755. The highest BCUT2D eigenvalue weighted by atomic mass is 16.7. The molecule has 0 spiro atoms. The first-order valence-electron chi connectivity index (χ1n) is 29.8. The Morgan fingerprint density at radius 1 is 0.558 bits per heavy atom. The van der Waals surface area contributed by atoms with Gasteiger partial charge in [0.2, 0.25) is 0 Å². The number of piperidine rings is 2. The van der Waals surface area contributed by atoms with E-state index in [0.29, 0.717) is 99.5 Å². The van der Waals surface area contributed by atoms with Crippen LogP contribution in [0.25, 0.3) is 21.8 Å². The molecule has 6 heterocycles. The smallest absolute Gasteiger partial charge is 0.410 e. The standard InChI is InChI=1S/C34H44N4O7.C32H39N3O6/c1-23-19-27(32(40)35(5)42-6)26-8-10-31(39)37(28(26)20-23)16-15-36-13-11-25(12-14-36)38(33(41)45-34(2,3)4)22-24-7-9-29-30(21-24)44-18-17-43-29;1-22-17-24(21-36)26-6-8-30(37)34(27(26)18-22)14-13-33-11-9-25(10-12-33)35(31(38)41-32(2,3)4)20-23-5-7-28-29(19-23)40-16-15-39-28/h7-10,19-21,25H,11-18,22H2,1-6H3;5-8,17-19,21,25H,9-16,20H2,1-4H3. The lowest BCUT2D eigenvalue weighted by atomic mass is 10.0. The number of fused-ring (bicyclic) bond motifs is 4. The molecule has 10 rings (SSSR count). The SMILES string of the molecule is CON(C)C(=O)c1cc(C)cc2c1ccc(=O)n2CCN1CCC(N(Cc2ccc3c(c2)OCCO3)C(=O)OC(C)(C)C)CC1.Cc1cc(C=O)c2ccc(=O)n(CCN3CCC(N(Cc4ccc5c(c4)OCCO5)C(=O)OC(C)(C)C)CC3)c2c1. The van der Waals surface area contributed by atoms with Crippen LogP contribution in [0.3, 0.4) is 0 Å². The molecule has 0 N–H and O–H groups in total. The van der Waals surface area contributed by atoms with E-state index in [0.717, 1.165) is 103 Å². The van der Waals surface area contributed by atoms with Gasteiger partial charge in [0.25, 0.3) is 17.0 Å². The maximum Gasteiger partial charge on any atom is 0.410 e. The number of aryl methyl sites for hydroxylation is 2. The largest absolute Gasteiger partial charge is 0.486 e. The van der Waals surface area contributed by atoms with E-state index in [9.17, 15) is 28.8 Å². The molecule has 2 saturated heterocycles. The third kappa shape index (κ3) is 15.5. The fourth-order valence-electron chi connectivity index (χ4n) is 11.6. The molecule has 0 saturated carbocycles. The molecule has 0 atom stereocenters. The van der Waals surface area contributed by atoms with E-state index in [1.54, 1.807) is 28.3 Å². The van der Waals surface area contributed by atoms with Gasteiger partial charge in [-0.3, -0.25) is 24.0 Å². The fourth-order valence-corrected chi connectivity index (χ4v) is 11.6. The molecule has 4 aliphatic rings. The van der Waals surface area contributed by atoms with Crippen LogP contribution in [-0.2, 0) is 40.5 Å². The zero-order chi connectivity index (χ0) is 61.5. The minimum absolute atomic E-state index is 0.00132. The van der Waals surface area contributed by atoms with Gasteiger partial charge >= 0.3 is 12.2 Å². The van der Waals surface area contributed by atoms with Crippen LogP contribution in [0.5, 0.6) is 23.0 Å². The maximum absolute atomic E-state index is 13.4. The number of amides is 3. The second-order valence-electron chi connectivity index (χ2n) is 24.6. The monoisotopic (exact) mass is 1180 g/mol. The molecule has 6 aromatic rings. The Morgan fingerprint density at radius 2 is 0.977 bits per heavy atom. The molecule has 20 heteroatoms. The summed E-state index contributed by atoms with van der Waals surface area (Å²) in [6.07, 6.45) is 3.32. The number of aromatic nitrogens is 2. The normalized spacial score (nSPS) is 15.8. The van der Waals surface area contributed by atoms with Gasteiger partial charge in [0, 0.05) is 113 Å². The molecule has 4 aliphatic heterocycles. The maximum atomic E-state index is 13.4. The molecule has 0 unspecified atom stereocenters. The summed E-state index contributed by atoms with van der Waals surface area (Å²) >= 11 is 0. The number of carbonyl (C=O) groups is 4. The summed E-state index contributed by atoms with van der Waals surface area (Å²) in [7, 11) is 3.01. The van der Waals surface area contributed by atoms with E-state index in [-0.39, 0.29) is 41.3 Å². The number of aldehydes is 1. The van der Waals surface area contributed by atoms with E-state index >= 15 is 0 Å². The lowest BCUT2D eigenvalue weighted by Crippen LogP contribution is -2.49. The summed E-state index contributed by atoms with van der Waals surface area (Å²) in [5.41, 5.74) is 4.92. The highest BCUT2D eigenvalue weighted by molar-refractivity contribution is 6.06. The molecule has 20 nitrogen and oxygen atoms in total. The van der Waals surface area contributed by atoms with Gasteiger partial charge in [0.15, 0.2) is 29.3 Å². The van der Waals surface area contributed by atoms with E-state index in [2.05, 4.69) is 9.80 Å². The molecule has 460 valence electrons. The predicted molar refractivity (Wildman–Crippen MR) is 328 cm³/mol. The minimum Gasteiger partial charge on any atom is -0.486 e. The molecular formula is C66H83N7O13. The van der Waals surface area contributed by atoms with Crippen molar-refractivity contribution in [1.29, 1.82) is 0 Å². The molecule has 2 fully saturated rings. The van der Waals surface area contributed by atoms with Crippen molar-refractivity contribution in [2.45, 2.75) is 131 Å². The van der Waals surface area contributed by atoms with Crippen LogP contribution in [-0.4, -0.2) is 161 Å². The minimum atomic E-state index is -0.615. The number of hydrogen-bond donors (Lipinski definition) is 0. The van der Waals surface area contributed by atoms with Crippen LogP contribution < -0.4 is 30.1 Å². The van der Waals surface area contributed by atoms with Crippen molar-refractivity contribution in [2.24, 2.45) is 0 Å². The number of pyridine rings is 2. The van der Waals surface area contributed by atoms with Crippen molar-refractivity contribution in [1.82, 2.24) is 33.8 Å². The van der Waals surface area contributed by atoms with Crippen LogP contribution in [0, 0.1) is 13.8 Å². The zero-order valence-electron chi connectivity index (χ0n) is 51.5. The molecular weight excluding hydrogens is 1100 g/mol. The Labute approximate surface area is 502 Å². The van der Waals surface area contributed by atoms with Crippen molar-refractivity contribution in [3.05, 3.63) is 139 Å². The fraction of sp³-hybridized carbons (Fsp3) is 0.485. The van der Waals surface area contributed by atoms with Gasteiger partial charge in [-0.1, -0.05) is 12.1 Å². The number of carbonyl (C=O) groups excluding carboxylic acids is 4. The Morgan fingerprint density at radius 3 is 1.41 bits per heavy atom. The lowest BCUT2D eigenvalue weighted by Gasteiger charge is -2.39. The van der Waals surface area contributed by atoms with E-state index < -0.39 is 11.2 Å². The number of rotatable bonds is 15. The Bertz CT molecular complexity index is 3550. The molecule has 2 aromatic heterocycles. The van der Waals surface area contributed by atoms with Gasteiger partial charge in [0.1, 0.15) is 37.6 Å². The summed E-state index contributed by atoms with van der Waals surface area (Å²) in [4.78, 5) is 90.7. The molecule has 86 heavy (non-hydrogen) atoms. The Hall–Kier alpha value is -7.94. The van der Waals surface area contributed by atoms with Gasteiger partial charge in [-0.15, -0.1) is 0 Å². The molecule has 0 bridgehead atoms. The summed E-state index contributed by atoms with van der Waals surface area (Å²) < 4.78 is 38.0. The second kappa shape index (κ2) is 27.2. The van der Waals surface area contributed by atoms with Crippen LogP contribution in [0.1, 0.15) is 110 Å². The van der Waals surface area contributed by atoms with Crippen molar-refractivity contribution in [3.63, 3.8) is 0 Å². The van der Waals surface area contributed by atoms with Crippen molar-refractivity contribution in [3.8, 4) is 23.0 Å². The van der Waals surface area contributed by atoms with E-state index in [1.807, 2.05) is 126 Å². The molecule has 0 aliphatic carbocycles. The zero-order valence-corrected chi connectivity index (χ0v) is 51.5. The Balaban J connectivity index is 0.000000206. The predicted octanol–water partition coefficient (Wildman–Crippen LogP) is 9.41. The number of likely N-dealkylation sites (tertiary alicyclic amines) is 2. The summed E-state index contributed by atoms with van der Waals surface area (Å²) in [6.45, 7) is 23.5. The summed E-state index contributed by atoms with van der Waals surface area (Å²) in [6, 6.07) is 25.7. The van der Waals surface area contributed by atoms with E-state index in [4.69, 9.17) is 33.3 Å². The highest BCUT2D eigenvalue weighted by Crippen LogP contribution is 2.34. The van der Waals surface area contributed by atoms with E-state index in [1.165, 1.54) is 24.3 Å². The van der Waals surface area contributed by atoms with Gasteiger partial charge < -0.3 is 57.2 Å². The first kappa shape index (κ1) is 62.6. The quantitative estimate of drug-likeness (QED) is 0.0697. The van der Waals surface area contributed by atoms with Gasteiger partial charge in [-0.05, 0) is 164 Å². The third-order valence-corrected chi connectivity index (χ3v) is 15.9. The highest BCUT2D eigenvalue weighted by Gasteiger charge is 2.34. The average molecular weight is 1180 g/mol. The number of ether oxygens (including phenoxy) is 6. The first-order chi connectivity index (χ1) is 41.0. The van der Waals surface area contributed by atoms with Crippen LogP contribution in [0.2, 0.25) is 0 Å².